The van der Waals surface area contributed by atoms with E-state index in [1.54, 1.807) is 38.1 Å². The van der Waals surface area contributed by atoms with Crippen molar-refractivity contribution in [2.24, 2.45) is 0 Å². The predicted octanol–water partition coefficient (Wildman–Crippen LogP) is 1.42. The van der Waals surface area contributed by atoms with Crippen molar-refractivity contribution in [1.29, 1.82) is 5.26 Å². The minimum atomic E-state index is -1.55. The van der Waals surface area contributed by atoms with Crippen LogP contribution in [0.2, 0.25) is 5.11 Å². The second kappa shape index (κ2) is 7.32. The average molecular weight is 342 g/mol. The molecule has 0 saturated heterocycles. The zero-order valence-corrected chi connectivity index (χ0v) is 14.9. The molecule has 2 unspecified atom stereocenters. The summed E-state index contributed by atoms with van der Waals surface area (Å²) >= 11 is 0. The number of nitriles is 1. The van der Waals surface area contributed by atoms with Gasteiger partial charge in [-0.3, -0.25) is 4.79 Å². The molecule has 6 nitrogen and oxygen atoms in total. The van der Waals surface area contributed by atoms with Crippen molar-refractivity contribution in [1.82, 2.24) is 9.78 Å². The van der Waals surface area contributed by atoms with Gasteiger partial charge in [0, 0.05) is 11.6 Å². The minimum absolute atomic E-state index is 0.132. The first-order chi connectivity index (χ1) is 12.1. The Labute approximate surface area is 156 Å². The third-order valence-electron chi connectivity index (χ3n) is 4.39. The summed E-state index contributed by atoms with van der Waals surface area (Å²) in [5.41, 5.74) is 8.07. The first-order valence-electron chi connectivity index (χ1n) is 7.94. The molecule has 1 heterocycles. The lowest BCUT2D eigenvalue weighted by atomic mass is 9.40. The lowest BCUT2D eigenvalue weighted by Crippen LogP contribution is -2.27. The van der Waals surface area contributed by atoms with Gasteiger partial charge in [0.2, 0.25) is 0 Å². The van der Waals surface area contributed by atoms with Crippen molar-refractivity contribution >= 4 is 35.3 Å². The van der Waals surface area contributed by atoms with E-state index in [9.17, 15) is 10.1 Å². The number of methoxy groups -OCH3 is 1. The van der Waals surface area contributed by atoms with E-state index < -0.39 is 17.1 Å². The highest BCUT2D eigenvalue weighted by Gasteiger charge is 2.26. The van der Waals surface area contributed by atoms with Crippen molar-refractivity contribution < 1.29 is 9.53 Å². The molecule has 0 aliphatic rings. The number of rotatable bonds is 5. The number of carbonyl (C=O) groups is 1. The molecule has 0 aliphatic heterocycles. The van der Waals surface area contributed by atoms with E-state index in [0.717, 1.165) is 5.56 Å². The maximum Gasteiger partial charge on any atom is 0.312 e. The Kier molecular flexibility index (Phi) is 5.55. The largest absolute Gasteiger partial charge is 0.469 e. The van der Waals surface area contributed by atoms with Crippen LogP contribution in [0.15, 0.2) is 24.3 Å². The third kappa shape index (κ3) is 3.64. The van der Waals surface area contributed by atoms with Gasteiger partial charge >= 0.3 is 5.97 Å². The van der Waals surface area contributed by atoms with Crippen LogP contribution in [0, 0.1) is 11.3 Å². The second-order valence-electron chi connectivity index (χ2n) is 6.21. The fourth-order valence-corrected chi connectivity index (χ4v) is 2.51. The van der Waals surface area contributed by atoms with E-state index in [4.69, 9.17) is 34.0 Å². The van der Waals surface area contributed by atoms with Crippen molar-refractivity contribution in [2.45, 2.75) is 30.9 Å². The molecule has 0 aliphatic carbocycles. The Morgan fingerprint density at radius 2 is 1.88 bits per heavy atom. The van der Waals surface area contributed by atoms with Crippen molar-refractivity contribution in [3.63, 3.8) is 0 Å². The molecule has 126 valence electrons. The van der Waals surface area contributed by atoms with Crippen LogP contribution in [0.25, 0.3) is 11.3 Å². The summed E-state index contributed by atoms with van der Waals surface area (Å²) in [4.78, 5) is 11.7. The van der Waals surface area contributed by atoms with Gasteiger partial charge in [-0.05, 0) is 19.4 Å². The van der Waals surface area contributed by atoms with E-state index in [2.05, 4.69) is 5.10 Å². The van der Waals surface area contributed by atoms with Gasteiger partial charge in [-0.15, -0.1) is 5.11 Å². The average Bonchev–Trinajstić information content (AvgIpc) is 2.95. The third-order valence-corrected chi connectivity index (χ3v) is 4.39. The molecule has 9 heteroatoms. The Morgan fingerprint density at radius 1 is 1.31 bits per heavy atom. The summed E-state index contributed by atoms with van der Waals surface area (Å²) in [5, 5.41) is 12.3. The molecule has 0 saturated carbocycles. The summed E-state index contributed by atoms with van der Waals surface area (Å²) in [6.45, 7) is 3.41. The molecule has 2 N–H and O–H groups in total. The first-order valence-corrected chi connectivity index (χ1v) is 7.94. The normalized spacial score (nSPS) is 13.6. The second-order valence-corrected chi connectivity index (χ2v) is 6.21. The van der Waals surface area contributed by atoms with Crippen LogP contribution in [0.1, 0.15) is 36.9 Å². The fourth-order valence-electron chi connectivity index (χ4n) is 2.51. The monoisotopic (exact) mass is 342 g/mol. The van der Waals surface area contributed by atoms with E-state index in [-0.39, 0.29) is 17.4 Å². The molecule has 0 amide bonds. The van der Waals surface area contributed by atoms with Crippen LogP contribution in [0.5, 0.6) is 0 Å². The number of benzene rings is 1. The molecular weight excluding hydrogens is 325 g/mol. The molecule has 0 spiro atoms. The topological polar surface area (TPSA) is 93.9 Å². The number of hydrogen-bond donors (Lipinski definition) is 1. The number of nitrogens with zero attached hydrogens (tertiary/aromatic N) is 3. The molecule has 2 atom stereocenters. The lowest BCUT2D eigenvalue weighted by molar-refractivity contribution is -0.141. The van der Waals surface area contributed by atoms with Gasteiger partial charge in [0.1, 0.15) is 23.1 Å². The van der Waals surface area contributed by atoms with E-state index >= 15 is 0 Å². The SMILES string of the molecule is [B]C([B])([B])C(C)n1nc(-c2ccc(C(C)C(=O)OC)cc2)c(C#N)c1N. The lowest BCUT2D eigenvalue weighted by Gasteiger charge is -2.29. The van der Waals surface area contributed by atoms with E-state index in [1.807, 2.05) is 6.07 Å². The summed E-state index contributed by atoms with van der Waals surface area (Å²) in [5.74, 6) is -0.602. The number of esters is 1. The van der Waals surface area contributed by atoms with Crippen LogP contribution in [-0.2, 0) is 9.53 Å². The number of nitrogen functional groups attached to an aromatic ring is 1. The summed E-state index contributed by atoms with van der Waals surface area (Å²) in [6, 6.07) is 8.47. The maximum absolute atomic E-state index is 11.7. The minimum Gasteiger partial charge on any atom is -0.469 e. The van der Waals surface area contributed by atoms with Crippen molar-refractivity contribution in [3.8, 4) is 17.3 Å². The number of carbonyl (C=O) groups excluding carboxylic acids is 1. The van der Waals surface area contributed by atoms with Crippen LogP contribution < -0.4 is 5.73 Å². The standard InChI is InChI=1S/C17H17B3N4O2/c1-9(16(25)26-3)11-4-6-12(7-5-11)14-13(8-21)15(22)24(23-14)10(2)17(18,19)20/h4-7,9-10H,22H2,1-3H3. The molecular formula is C17H17B3N4O2. The molecule has 26 heavy (non-hydrogen) atoms. The van der Waals surface area contributed by atoms with E-state index in [0.29, 0.717) is 11.3 Å². The number of hydrogen-bond acceptors (Lipinski definition) is 5. The highest BCUT2D eigenvalue weighted by atomic mass is 16.5. The zero-order valence-electron chi connectivity index (χ0n) is 14.9. The van der Waals surface area contributed by atoms with Crippen LogP contribution >= 0.6 is 0 Å². The molecule has 2 aromatic rings. The number of aromatic nitrogens is 2. The van der Waals surface area contributed by atoms with Gasteiger partial charge in [0.05, 0.1) is 36.6 Å². The number of anilines is 1. The Hall–Kier alpha value is -2.62. The molecule has 6 radical (unpaired) electrons. The summed E-state index contributed by atoms with van der Waals surface area (Å²) in [6.07, 6.45) is 0. The van der Waals surface area contributed by atoms with Crippen LogP contribution in [0.3, 0.4) is 0 Å². The Balaban J connectivity index is 2.46. The van der Waals surface area contributed by atoms with Crippen LogP contribution in [-0.4, -0.2) is 46.4 Å². The molecule has 1 aromatic carbocycles. The maximum atomic E-state index is 11.7. The Bertz CT molecular complexity index is 851. The number of nitrogens with two attached hydrogens (primary N) is 1. The van der Waals surface area contributed by atoms with Crippen LogP contribution in [0.4, 0.5) is 5.82 Å². The zero-order chi connectivity index (χ0) is 19.6. The molecule has 1 aromatic heterocycles. The molecule has 0 bridgehead atoms. The fraction of sp³-hybridized carbons (Fsp3) is 0.353. The summed E-state index contributed by atoms with van der Waals surface area (Å²) < 4.78 is 6.09. The van der Waals surface area contributed by atoms with Gasteiger partial charge < -0.3 is 10.5 Å². The van der Waals surface area contributed by atoms with E-state index in [1.165, 1.54) is 11.8 Å². The molecule has 0 fully saturated rings. The Morgan fingerprint density at radius 3 is 2.35 bits per heavy atom. The number of ether oxygens (including phenoxy) is 1. The van der Waals surface area contributed by atoms with Crippen molar-refractivity contribution in [2.75, 3.05) is 12.8 Å². The van der Waals surface area contributed by atoms with Gasteiger partial charge in [0.25, 0.3) is 0 Å². The van der Waals surface area contributed by atoms with Gasteiger partial charge in [0.15, 0.2) is 0 Å². The van der Waals surface area contributed by atoms with Gasteiger partial charge in [-0.2, -0.15) is 10.4 Å². The highest BCUT2D eigenvalue weighted by molar-refractivity contribution is 6.59. The van der Waals surface area contributed by atoms with Crippen molar-refractivity contribution in [3.05, 3.63) is 35.4 Å². The summed E-state index contributed by atoms with van der Waals surface area (Å²) in [7, 11) is 18.5. The smallest absolute Gasteiger partial charge is 0.312 e. The first kappa shape index (κ1) is 19.7. The van der Waals surface area contributed by atoms with Gasteiger partial charge in [-0.1, -0.05) is 24.3 Å². The molecule has 2 rings (SSSR count). The predicted molar refractivity (Wildman–Crippen MR) is 102 cm³/mol. The highest BCUT2D eigenvalue weighted by Crippen LogP contribution is 2.35. The quantitative estimate of drug-likeness (QED) is 0.655. The van der Waals surface area contributed by atoms with Gasteiger partial charge in [-0.25, -0.2) is 4.68 Å².